The van der Waals surface area contributed by atoms with Crippen molar-refractivity contribution >= 4 is 22.6 Å². The molecule has 2 heterocycles. The maximum atomic E-state index is 13.7. The highest BCUT2D eigenvalue weighted by Gasteiger charge is 2.33. The highest BCUT2D eigenvalue weighted by Crippen LogP contribution is 2.36. The highest BCUT2D eigenvalue weighted by atomic mass is 19.4. The molecule has 1 unspecified atom stereocenters. The zero-order valence-electron chi connectivity index (χ0n) is 18.8. The van der Waals surface area contributed by atoms with Crippen LogP contribution in [0, 0.1) is 0 Å². The van der Waals surface area contributed by atoms with Gasteiger partial charge in [-0.2, -0.15) is 13.2 Å². The van der Waals surface area contributed by atoms with Gasteiger partial charge in [0.1, 0.15) is 11.3 Å². The number of nitrogens with zero attached hydrogens (tertiary/aromatic N) is 1. The number of carboxylic acids is 1. The monoisotopic (exact) mass is 482 g/mol. The predicted octanol–water partition coefficient (Wildman–Crippen LogP) is 6.31. The van der Waals surface area contributed by atoms with Gasteiger partial charge >= 0.3 is 12.1 Å². The Morgan fingerprint density at radius 3 is 2.46 bits per heavy atom. The summed E-state index contributed by atoms with van der Waals surface area (Å²) in [6.45, 7) is 3.38. The summed E-state index contributed by atoms with van der Waals surface area (Å²) in [4.78, 5) is 28.7. The molecule has 0 saturated carbocycles. The summed E-state index contributed by atoms with van der Waals surface area (Å²) in [7, 11) is 0. The Balaban J connectivity index is 1.90. The SMILES string of the molecule is CCc1ccc(NC(C)c2cc(C(F)(F)F)cc3c(=O)cc(-c4ccccc4)oc23)c(C(=O)O)n1. The number of aromatic nitrogens is 1. The van der Waals surface area contributed by atoms with Crippen LogP contribution in [0.4, 0.5) is 18.9 Å². The first-order valence-corrected chi connectivity index (χ1v) is 10.8. The summed E-state index contributed by atoms with van der Waals surface area (Å²) in [6, 6.07) is 13.9. The van der Waals surface area contributed by atoms with E-state index in [1.54, 1.807) is 43.3 Å². The van der Waals surface area contributed by atoms with Gasteiger partial charge in [0.2, 0.25) is 0 Å². The third-order valence-electron chi connectivity index (χ3n) is 5.60. The third kappa shape index (κ3) is 4.89. The first-order chi connectivity index (χ1) is 16.6. The molecular formula is C26H21F3N2O4. The molecule has 4 rings (SSSR count). The van der Waals surface area contributed by atoms with E-state index in [2.05, 4.69) is 10.3 Å². The van der Waals surface area contributed by atoms with Crippen LogP contribution >= 0.6 is 0 Å². The van der Waals surface area contributed by atoms with Gasteiger partial charge < -0.3 is 14.8 Å². The van der Waals surface area contributed by atoms with Gasteiger partial charge in [0, 0.05) is 22.9 Å². The maximum Gasteiger partial charge on any atom is 0.416 e. The lowest BCUT2D eigenvalue weighted by Crippen LogP contribution is -2.16. The quantitative estimate of drug-likeness (QED) is 0.335. The minimum atomic E-state index is -4.70. The van der Waals surface area contributed by atoms with Crippen molar-refractivity contribution in [3.63, 3.8) is 0 Å². The van der Waals surface area contributed by atoms with Crippen molar-refractivity contribution in [1.29, 1.82) is 0 Å². The lowest BCUT2D eigenvalue weighted by molar-refractivity contribution is -0.137. The Kier molecular flexibility index (Phi) is 6.34. The van der Waals surface area contributed by atoms with E-state index in [1.807, 2.05) is 6.92 Å². The summed E-state index contributed by atoms with van der Waals surface area (Å²) < 4.78 is 47.0. The Morgan fingerprint density at radius 2 is 1.83 bits per heavy atom. The number of nitrogens with one attached hydrogen (secondary N) is 1. The lowest BCUT2D eigenvalue weighted by Gasteiger charge is -2.20. The van der Waals surface area contributed by atoms with Crippen LogP contribution in [0.3, 0.4) is 0 Å². The van der Waals surface area contributed by atoms with Crippen molar-refractivity contribution in [3.8, 4) is 11.3 Å². The molecule has 0 aliphatic heterocycles. The second kappa shape index (κ2) is 9.25. The molecule has 2 aromatic heterocycles. The number of alkyl halides is 3. The number of aromatic carboxylic acids is 1. The minimum Gasteiger partial charge on any atom is -0.476 e. The van der Waals surface area contributed by atoms with E-state index in [9.17, 15) is 27.9 Å². The zero-order chi connectivity index (χ0) is 25.3. The number of anilines is 1. The summed E-state index contributed by atoms with van der Waals surface area (Å²) in [5.74, 6) is -1.07. The van der Waals surface area contributed by atoms with Crippen LogP contribution in [0.15, 0.2) is 69.9 Å². The Hall–Kier alpha value is -4.14. The van der Waals surface area contributed by atoms with Gasteiger partial charge in [-0.15, -0.1) is 0 Å². The number of carboxylic acid groups (broad SMARTS) is 1. The first-order valence-electron chi connectivity index (χ1n) is 10.8. The van der Waals surface area contributed by atoms with Gasteiger partial charge in [-0.1, -0.05) is 37.3 Å². The van der Waals surface area contributed by atoms with Crippen LogP contribution in [0.1, 0.15) is 47.2 Å². The smallest absolute Gasteiger partial charge is 0.416 e. The van der Waals surface area contributed by atoms with E-state index in [0.29, 0.717) is 17.7 Å². The maximum absolute atomic E-state index is 13.7. The van der Waals surface area contributed by atoms with Crippen molar-refractivity contribution in [1.82, 2.24) is 4.98 Å². The molecule has 0 amide bonds. The van der Waals surface area contributed by atoms with Crippen LogP contribution in [-0.2, 0) is 12.6 Å². The molecule has 2 aromatic carbocycles. The Morgan fingerprint density at radius 1 is 1.11 bits per heavy atom. The van der Waals surface area contributed by atoms with Crippen molar-refractivity contribution in [3.05, 3.63) is 93.4 Å². The van der Waals surface area contributed by atoms with Crippen LogP contribution in [0.2, 0.25) is 0 Å². The van der Waals surface area contributed by atoms with Gasteiger partial charge in [-0.05, 0) is 37.6 Å². The number of hydrogen-bond acceptors (Lipinski definition) is 5. The minimum absolute atomic E-state index is 0.0145. The molecule has 0 saturated heterocycles. The molecule has 0 spiro atoms. The zero-order valence-corrected chi connectivity index (χ0v) is 18.8. The van der Waals surface area contributed by atoms with Crippen LogP contribution in [0.25, 0.3) is 22.3 Å². The number of carbonyl (C=O) groups is 1. The molecule has 9 heteroatoms. The molecule has 0 aliphatic carbocycles. The van der Waals surface area contributed by atoms with Gasteiger partial charge in [0.15, 0.2) is 11.1 Å². The van der Waals surface area contributed by atoms with Crippen LogP contribution in [-0.4, -0.2) is 16.1 Å². The lowest BCUT2D eigenvalue weighted by atomic mass is 9.99. The van der Waals surface area contributed by atoms with Gasteiger partial charge in [0.05, 0.1) is 22.7 Å². The summed E-state index contributed by atoms with van der Waals surface area (Å²) in [6.07, 6.45) is -4.19. The van der Waals surface area contributed by atoms with E-state index >= 15 is 0 Å². The number of aryl methyl sites for hydroxylation is 1. The van der Waals surface area contributed by atoms with E-state index < -0.39 is 29.2 Å². The Bertz CT molecular complexity index is 1460. The van der Waals surface area contributed by atoms with Gasteiger partial charge in [0.25, 0.3) is 0 Å². The average Bonchev–Trinajstić information content (AvgIpc) is 2.83. The van der Waals surface area contributed by atoms with Crippen molar-refractivity contribution < 1.29 is 27.5 Å². The highest BCUT2D eigenvalue weighted by molar-refractivity contribution is 5.92. The molecule has 2 N–H and O–H groups in total. The fraction of sp³-hybridized carbons (Fsp3) is 0.192. The standard InChI is InChI=1S/C26H21F3N2O4/c1-3-17-9-10-20(23(31-17)25(33)34)30-14(2)18-11-16(26(27,28)29)12-19-21(32)13-22(35-24(18)19)15-7-5-4-6-8-15/h4-14,30H,3H2,1-2H3,(H,33,34). The van der Waals surface area contributed by atoms with E-state index in [1.165, 1.54) is 6.07 Å². The fourth-order valence-corrected chi connectivity index (χ4v) is 3.80. The third-order valence-corrected chi connectivity index (χ3v) is 5.60. The van der Waals surface area contributed by atoms with E-state index in [-0.39, 0.29) is 33.7 Å². The van der Waals surface area contributed by atoms with Crippen molar-refractivity contribution in [2.75, 3.05) is 5.32 Å². The average molecular weight is 482 g/mol. The van der Waals surface area contributed by atoms with Gasteiger partial charge in [-0.3, -0.25) is 4.79 Å². The molecule has 0 bridgehead atoms. The summed E-state index contributed by atoms with van der Waals surface area (Å²) in [5.41, 5.74) is -0.557. The molecule has 0 fully saturated rings. The first kappa shape index (κ1) is 24.0. The largest absolute Gasteiger partial charge is 0.476 e. The number of fused-ring (bicyclic) bond motifs is 1. The predicted molar refractivity (Wildman–Crippen MR) is 126 cm³/mol. The molecule has 35 heavy (non-hydrogen) atoms. The number of benzene rings is 2. The number of hydrogen-bond donors (Lipinski definition) is 2. The van der Waals surface area contributed by atoms with E-state index in [0.717, 1.165) is 18.2 Å². The molecule has 180 valence electrons. The summed E-state index contributed by atoms with van der Waals surface area (Å²) in [5, 5.41) is 12.3. The van der Waals surface area contributed by atoms with Crippen molar-refractivity contribution in [2.45, 2.75) is 32.5 Å². The number of rotatable bonds is 6. The second-order valence-electron chi connectivity index (χ2n) is 8.00. The number of pyridine rings is 1. The van der Waals surface area contributed by atoms with Crippen LogP contribution < -0.4 is 10.7 Å². The van der Waals surface area contributed by atoms with Gasteiger partial charge in [-0.25, -0.2) is 9.78 Å². The number of halogens is 3. The topological polar surface area (TPSA) is 92.4 Å². The molecular weight excluding hydrogens is 461 g/mol. The van der Waals surface area contributed by atoms with Crippen molar-refractivity contribution in [2.24, 2.45) is 0 Å². The molecule has 1 atom stereocenters. The molecule has 0 aliphatic rings. The molecule has 0 radical (unpaired) electrons. The summed E-state index contributed by atoms with van der Waals surface area (Å²) >= 11 is 0. The van der Waals surface area contributed by atoms with E-state index in [4.69, 9.17) is 4.42 Å². The molecule has 4 aromatic rings. The second-order valence-corrected chi connectivity index (χ2v) is 8.00. The molecule has 6 nitrogen and oxygen atoms in total. The normalized spacial score (nSPS) is 12.5. The fourth-order valence-electron chi connectivity index (χ4n) is 3.80. The van der Waals surface area contributed by atoms with Crippen LogP contribution in [0.5, 0.6) is 0 Å². The Labute approximate surface area is 198 Å².